The Morgan fingerprint density at radius 1 is 0.912 bits per heavy atom. The van der Waals surface area contributed by atoms with Crippen LogP contribution >= 0.6 is 0 Å². The van der Waals surface area contributed by atoms with E-state index in [-0.39, 0.29) is 30.1 Å². The second-order valence-electron chi connectivity index (χ2n) is 8.77. The zero-order chi connectivity index (χ0) is 24.5. The molecule has 0 aliphatic rings. The smallest absolute Gasteiger partial charge is 0.243 e. The van der Waals surface area contributed by atoms with E-state index in [0.717, 1.165) is 23.1 Å². The molecule has 0 saturated carbocycles. The fraction of sp³-hybridized carbons (Fsp3) is 0.310. The summed E-state index contributed by atoms with van der Waals surface area (Å²) in [5.74, 6) is -0.683. The molecule has 5 heteroatoms. The number of carbonyl (C=O) groups excluding carboxylic acids is 2. The van der Waals surface area contributed by atoms with Gasteiger partial charge in [-0.1, -0.05) is 73.7 Å². The third-order valence-electron chi connectivity index (χ3n) is 6.14. The number of aryl methyl sites for hydroxylation is 1. The molecule has 2 amide bonds. The van der Waals surface area contributed by atoms with E-state index in [1.165, 1.54) is 12.1 Å². The van der Waals surface area contributed by atoms with Gasteiger partial charge >= 0.3 is 0 Å². The first-order chi connectivity index (χ1) is 16.4. The maximum Gasteiger partial charge on any atom is 0.243 e. The fourth-order valence-corrected chi connectivity index (χ4v) is 3.84. The first-order valence-corrected chi connectivity index (χ1v) is 11.8. The molecule has 34 heavy (non-hydrogen) atoms. The van der Waals surface area contributed by atoms with Crippen molar-refractivity contribution in [2.45, 2.75) is 58.7 Å². The van der Waals surface area contributed by atoms with Crippen LogP contribution in [0, 0.1) is 12.7 Å². The summed E-state index contributed by atoms with van der Waals surface area (Å²) in [4.78, 5) is 28.8. The predicted molar refractivity (Wildman–Crippen MR) is 134 cm³/mol. The second-order valence-corrected chi connectivity index (χ2v) is 8.77. The summed E-state index contributed by atoms with van der Waals surface area (Å²) < 4.78 is 13.4. The standard InChI is InChI=1S/C29H33FN2O2/c1-4-22(3)31-29(34)27(18-23-11-6-5-7-12-23)32(20-25-13-9-8-10-21(25)2)28(33)19-24-14-16-26(30)17-15-24/h5-17,22,27H,4,18-20H2,1-3H3,(H,31,34)/t22-,27-/m0/s1. The highest BCUT2D eigenvalue weighted by Crippen LogP contribution is 2.19. The third kappa shape index (κ3) is 7.01. The van der Waals surface area contributed by atoms with Gasteiger partial charge < -0.3 is 10.2 Å². The molecule has 0 aliphatic heterocycles. The lowest BCUT2D eigenvalue weighted by Gasteiger charge is -2.33. The average molecular weight is 461 g/mol. The third-order valence-corrected chi connectivity index (χ3v) is 6.14. The number of rotatable bonds is 10. The SMILES string of the molecule is CC[C@H](C)NC(=O)[C@H](Cc1ccccc1)N(Cc1ccccc1C)C(=O)Cc1ccc(F)cc1. The minimum Gasteiger partial charge on any atom is -0.352 e. The van der Waals surface area contributed by atoms with E-state index >= 15 is 0 Å². The highest BCUT2D eigenvalue weighted by Gasteiger charge is 2.31. The summed E-state index contributed by atoms with van der Waals surface area (Å²) in [6.45, 7) is 6.30. The zero-order valence-corrected chi connectivity index (χ0v) is 20.1. The van der Waals surface area contributed by atoms with Gasteiger partial charge in [-0.3, -0.25) is 9.59 Å². The minimum absolute atomic E-state index is 0.00159. The number of carbonyl (C=O) groups is 2. The summed E-state index contributed by atoms with van der Waals surface area (Å²) in [7, 11) is 0. The van der Waals surface area contributed by atoms with Crippen LogP contribution in [0.2, 0.25) is 0 Å². The molecular formula is C29H33FN2O2. The van der Waals surface area contributed by atoms with Crippen LogP contribution in [0.3, 0.4) is 0 Å². The maximum atomic E-state index is 13.7. The monoisotopic (exact) mass is 460 g/mol. The molecule has 0 fully saturated rings. The Labute approximate surface area is 201 Å². The molecule has 2 atom stereocenters. The van der Waals surface area contributed by atoms with Crippen LogP contribution in [-0.4, -0.2) is 28.8 Å². The molecule has 4 nitrogen and oxygen atoms in total. The van der Waals surface area contributed by atoms with Gasteiger partial charge in [0.2, 0.25) is 11.8 Å². The number of benzene rings is 3. The van der Waals surface area contributed by atoms with Gasteiger partial charge in [-0.15, -0.1) is 0 Å². The average Bonchev–Trinajstić information content (AvgIpc) is 2.84. The normalized spacial score (nSPS) is 12.6. The van der Waals surface area contributed by atoms with Crippen molar-refractivity contribution in [1.82, 2.24) is 10.2 Å². The van der Waals surface area contributed by atoms with Crippen molar-refractivity contribution >= 4 is 11.8 Å². The van der Waals surface area contributed by atoms with E-state index in [2.05, 4.69) is 5.32 Å². The predicted octanol–water partition coefficient (Wildman–Crippen LogP) is 5.23. The van der Waals surface area contributed by atoms with Crippen molar-refractivity contribution in [2.24, 2.45) is 0 Å². The Bertz CT molecular complexity index is 1080. The van der Waals surface area contributed by atoms with Crippen molar-refractivity contribution in [3.63, 3.8) is 0 Å². The largest absolute Gasteiger partial charge is 0.352 e. The highest BCUT2D eigenvalue weighted by atomic mass is 19.1. The minimum atomic E-state index is -0.677. The summed E-state index contributed by atoms with van der Waals surface area (Å²) in [6.07, 6.45) is 1.29. The van der Waals surface area contributed by atoms with E-state index in [1.54, 1.807) is 17.0 Å². The summed E-state index contributed by atoms with van der Waals surface area (Å²) >= 11 is 0. The molecule has 0 aliphatic carbocycles. The van der Waals surface area contributed by atoms with Gasteiger partial charge in [-0.25, -0.2) is 4.39 Å². The van der Waals surface area contributed by atoms with Gasteiger partial charge in [-0.05, 0) is 54.7 Å². The first-order valence-electron chi connectivity index (χ1n) is 11.8. The molecule has 0 aromatic heterocycles. The van der Waals surface area contributed by atoms with Crippen LogP contribution in [0.4, 0.5) is 4.39 Å². The lowest BCUT2D eigenvalue weighted by molar-refractivity contribution is -0.141. The van der Waals surface area contributed by atoms with Crippen LogP contribution < -0.4 is 5.32 Å². The molecular weight excluding hydrogens is 427 g/mol. The Kier molecular flexibility index (Phi) is 8.97. The van der Waals surface area contributed by atoms with Gasteiger partial charge in [0.05, 0.1) is 6.42 Å². The summed E-state index contributed by atoms with van der Waals surface area (Å²) in [6, 6.07) is 22.9. The van der Waals surface area contributed by atoms with Gasteiger partial charge in [0, 0.05) is 19.0 Å². The molecule has 1 N–H and O–H groups in total. The van der Waals surface area contributed by atoms with Crippen molar-refractivity contribution in [2.75, 3.05) is 0 Å². The molecule has 0 radical (unpaired) electrons. The molecule has 0 bridgehead atoms. The van der Waals surface area contributed by atoms with Crippen LogP contribution in [-0.2, 0) is 29.0 Å². The maximum absolute atomic E-state index is 13.7. The number of amides is 2. The lowest BCUT2D eigenvalue weighted by Crippen LogP contribution is -2.52. The molecule has 178 valence electrons. The van der Waals surface area contributed by atoms with Gasteiger partial charge in [-0.2, -0.15) is 0 Å². The molecule has 3 aromatic rings. The van der Waals surface area contributed by atoms with E-state index in [0.29, 0.717) is 18.5 Å². The van der Waals surface area contributed by atoms with Crippen LogP contribution in [0.5, 0.6) is 0 Å². The molecule has 3 aromatic carbocycles. The summed E-state index contributed by atoms with van der Waals surface area (Å²) in [5, 5.41) is 3.07. The lowest BCUT2D eigenvalue weighted by atomic mass is 10.00. The molecule has 0 spiro atoms. The van der Waals surface area contributed by atoms with E-state index < -0.39 is 6.04 Å². The van der Waals surface area contributed by atoms with E-state index in [1.807, 2.05) is 75.4 Å². The molecule has 3 rings (SSSR count). The molecule has 0 unspecified atom stereocenters. The van der Waals surface area contributed by atoms with Crippen molar-refractivity contribution < 1.29 is 14.0 Å². The number of halogens is 1. The van der Waals surface area contributed by atoms with Crippen LogP contribution in [0.25, 0.3) is 0 Å². The number of nitrogens with one attached hydrogen (secondary N) is 1. The first kappa shape index (κ1) is 25.2. The Balaban J connectivity index is 1.97. The van der Waals surface area contributed by atoms with Gasteiger partial charge in [0.25, 0.3) is 0 Å². The number of hydrogen-bond donors (Lipinski definition) is 1. The van der Waals surface area contributed by atoms with Crippen molar-refractivity contribution in [3.8, 4) is 0 Å². The Morgan fingerprint density at radius 2 is 1.56 bits per heavy atom. The Hall–Kier alpha value is -3.47. The van der Waals surface area contributed by atoms with Crippen LogP contribution in [0.15, 0.2) is 78.9 Å². The molecule has 0 saturated heterocycles. The number of nitrogens with zero attached hydrogens (tertiary/aromatic N) is 1. The van der Waals surface area contributed by atoms with Gasteiger partial charge in [0.15, 0.2) is 0 Å². The van der Waals surface area contributed by atoms with Crippen LogP contribution in [0.1, 0.15) is 42.5 Å². The topological polar surface area (TPSA) is 49.4 Å². The summed E-state index contributed by atoms with van der Waals surface area (Å²) in [5.41, 5.74) is 3.74. The second kappa shape index (κ2) is 12.1. The van der Waals surface area contributed by atoms with Crippen molar-refractivity contribution in [3.05, 3.63) is 107 Å². The zero-order valence-electron chi connectivity index (χ0n) is 20.1. The van der Waals surface area contributed by atoms with E-state index in [4.69, 9.17) is 0 Å². The van der Waals surface area contributed by atoms with Crippen molar-refractivity contribution in [1.29, 1.82) is 0 Å². The molecule has 0 heterocycles. The number of hydrogen-bond acceptors (Lipinski definition) is 2. The van der Waals surface area contributed by atoms with E-state index in [9.17, 15) is 14.0 Å². The highest BCUT2D eigenvalue weighted by molar-refractivity contribution is 5.89. The fourth-order valence-electron chi connectivity index (χ4n) is 3.84. The quantitative estimate of drug-likeness (QED) is 0.450. The Morgan fingerprint density at radius 3 is 2.21 bits per heavy atom. The van der Waals surface area contributed by atoms with Gasteiger partial charge in [0.1, 0.15) is 11.9 Å².